The van der Waals surface area contributed by atoms with E-state index in [0.29, 0.717) is 16.4 Å². The zero-order valence-electron chi connectivity index (χ0n) is 12.3. The van der Waals surface area contributed by atoms with E-state index in [1.807, 2.05) is 48.5 Å². The fraction of sp³-hybridized carbons (Fsp3) is 0.0588. The van der Waals surface area contributed by atoms with Gasteiger partial charge in [0.2, 0.25) is 0 Å². The standard InChI is InChI=1S/C17H13N3O2S/c1-18-15-16(21)20-23-17(15)19-13-9-8-12(10-14(13)22-2)11-6-4-3-5-7-11/h3-10,19H,2H3,(H,20,21). The van der Waals surface area contributed by atoms with Crippen molar-refractivity contribution in [2.45, 2.75) is 0 Å². The van der Waals surface area contributed by atoms with Crippen molar-refractivity contribution in [1.29, 1.82) is 0 Å². The van der Waals surface area contributed by atoms with Gasteiger partial charge in [-0.05, 0) is 23.3 Å². The van der Waals surface area contributed by atoms with Crippen LogP contribution in [0.5, 0.6) is 5.75 Å². The normalized spacial score (nSPS) is 10.1. The van der Waals surface area contributed by atoms with Gasteiger partial charge in [-0.25, -0.2) is 4.85 Å². The molecule has 3 rings (SSSR count). The van der Waals surface area contributed by atoms with Gasteiger partial charge in [0.1, 0.15) is 10.8 Å². The minimum absolute atomic E-state index is 0.0594. The molecular weight excluding hydrogens is 310 g/mol. The van der Waals surface area contributed by atoms with Crippen molar-refractivity contribution in [2.24, 2.45) is 0 Å². The van der Waals surface area contributed by atoms with Crippen LogP contribution < -0.4 is 15.6 Å². The average Bonchev–Trinajstić information content (AvgIpc) is 2.95. The number of benzene rings is 2. The van der Waals surface area contributed by atoms with Crippen molar-refractivity contribution in [3.05, 3.63) is 70.3 Å². The van der Waals surface area contributed by atoms with Gasteiger partial charge in [0, 0.05) is 0 Å². The van der Waals surface area contributed by atoms with Gasteiger partial charge < -0.3 is 10.1 Å². The summed E-state index contributed by atoms with van der Waals surface area (Å²) in [6, 6.07) is 15.7. The molecule has 0 aliphatic rings. The van der Waals surface area contributed by atoms with Crippen molar-refractivity contribution in [2.75, 3.05) is 12.4 Å². The van der Waals surface area contributed by atoms with Gasteiger partial charge >= 0.3 is 0 Å². The molecule has 1 heterocycles. The van der Waals surface area contributed by atoms with Crippen LogP contribution in [0.4, 0.5) is 16.4 Å². The molecule has 0 fully saturated rings. The lowest BCUT2D eigenvalue weighted by Crippen LogP contribution is -1.97. The lowest BCUT2D eigenvalue weighted by atomic mass is 10.0. The third kappa shape index (κ3) is 2.96. The average molecular weight is 323 g/mol. The Morgan fingerprint density at radius 3 is 2.65 bits per heavy atom. The summed E-state index contributed by atoms with van der Waals surface area (Å²) in [5.74, 6) is 0.642. The van der Waals surface area contributed by atoms with Crippen LogP contribution in [-0.2, 0) is 0 Å². The molecule has 0 bridgehead atoms. The Balaban J connectivity index is 1.98. The Labute approximate surface area is 137 Å². The Morgan fingerprint density at radius 2 is 1.96 bits per heavy atom. The first-order chi connectivity index (χ1) is 11.2. The van der Waals surface area contributed by atoms with Crippen molar-refractivity contribution < 1.29 is 4.74 Å². The molecular formula is C17H13N3O2S. The van der Waals surface area contributed by atoms with Gasteiger partial charge in [0.15, 0.2) is 0 Å². The number of aromatic nitrogens is 1. The summed E-state index contributed by atoms with van der Waals surface area (Å²) in [5.41, 5.74) is 2.50. The Morgan fingerprint density at radius 1 is 1.17 bits per heavy atom. The van der Waals surface area contributed by atoms with Gasteiger partial charge in [-0.1, -0.05) is 47.9 Å². The zero-order chi connectivity index (χ0) is 16.2. The minimum atomic E-state index is -0.382. The van der Waals surface area contributed by atoms with E-state index < -0.39 is 0 Å². The van der Waals surface area contributed by atoms with Gasteiger partial charge in [0.25, 0.3) is 11.2 Å². The molecule has 2 N–H and O–H groups in total. The van der Waals surface area contributed by atoms with Crippen molar-refractivity contribution in [3.63, 3.8) is 0 Å². The van der Waals surface area contributed by atoms with E-state index in [2.05, 4.69) is 14.5 Å². The summed E-state index contributed by atoms with van der Waals surface area (Å²) < 4.78 is 7.99. The van der Waals surface area contributed by atoms with Crippen LogP contribution in [0.2, 0.25) is 0 Å². The molecule has 0 aliphatic heterocycles. The molecule has 114 valence electrons. The van der Waals surface area contributed by atoms with Crippen molar-refractivity contribution >= 4 is 27.9 Å². The second kappa shape index (κ2) is 6.38. The molecule has 0 saturated heterocycles. The van der Waals surface area contributed by atoms with Gasteiger partial charge in [-0.3, -0.25) is 9.17 Å². The van der Waals surface area contributed by atoms with E-state index in [0.717, 1.165) is 22.7 Å². The van der Waals surface area contributed by atoms with Crippen LogP contribution in [0.15, 0.2) is 53.3 Å². The van der Waals surface area contributed by atoms with Crippen molar-refractivity contribution in [1.82, 2.24) is 4.37 Å². The molecule has 2 aromatic carbocycles. The molecule has 0 amide bonds. The number of hydrogen-bond donors (Lipinski definition) is 2. The molecule has 0 radical (unpaired) electrons. The van der Waals surface area contributed by atoms with E-state index in [9.17, 15) is 4.79 Å². The van der Waals surface area contributed by atoms with Crippen LogP contribution >= 0.6 is 11.5 Å². The fourth-order valence-electron chi connectivity index (χ4n) is 2.21. The molecule has 0 unspecified atom stereocenters. The molecule has 0 aliphatic carbocycles. The van der Waals surface area contributed by atoms with Crippen LogP contribution in [0.3, 0.4) is 0 Å². The second-order valence-corrected chi connectivity index (χ2v) is 5.55. The molecule has 5 nitrogen and oxygen atoms in total. The molecule has 0 spiro atoms. The molecule has 0 atom stereocenters. The summed E-state index contributed by atoms with van der Waals surface area (Å²) in [4.78, 5) is 14.8. The fourth-order valence-corrected chi connectivity index (χ4v) is 2.90. The quantitative estimate of drug-likeness (QED) is 0.699. The van der Waals surface area contributed by atoms with Crippen LogP contribution in [0, 0.1) is 6.57 Å². The Bertz CT molecular complexity index is 923. The smallest absolute Gasteiger partial charge is 0.285 e. The maximum atomic E-state index is 11.5. The maximum Gasteiger partial charge on any atom is 0.285 e. The van der Waals surface area contributed by atoms with E-state index in [1.165, 1.54) is 0 Å². The number of hydrogen-bond acceptors (Lipinski definition) is 4. The highest BCUT2D eigenvalue weighted by Crippen LogP contribution is 2.35. The van der Waals surface area contributed by atoms with E-state index in [4.69, 9.17) is 11.3 Å². The first kappa shape index (κ1) is 14.9. The number of rotatable bonds is 4. The van der Waals surface area contributed by atoms with Gasteiger partial charge in [-0.2, -0.15) is 0 Å². The summed E-state index contributed by atoms with van der Waals surface area (Å²) in [6.45, 7) is 7.09. The minimum Gasteiger partial charge on any atom is -0.495 e. The number of nitrogens with zero attached hydrogens (tertiary/aromatic N) is 1. The lowest BCUT2D eigenvalue weighted by molar-refractivity contribution is 0.417. The highest BCUT2D eigenvalue weighted by molar-refractivity contribution is 7.11. The lowest BCUT2D eigenvalue weighted by Gasteiger charge is -2.12. The molecule has 1 aromatic heterocycles. The highest BCUT2D eigenvalue weighted by Gasteiger charge is 2.13. The summed E-state index contributed by atoms with van der Waals surface area (Å²) in [5, 5.41) is 3.57. The summed E-state index contributed by atoms with van der Waals surface area (Å²) >= 11 is 1.10. The SMILES string of the molecule is [C-]#[N+]c1c(Nc2ccc(-c3ccccc3)cc2OC)s[nH]c1=O. The number of ether oxygens (including phenoxy) is 1. The monoisotopic (exact) mass is 323 g/mol. The van der Waals surface area contributed by atoms with E-state index in [1.54, 1.807) is 7.11 Å². The highest BCUT2D eigenvalue weighted by atomic mass is 32.1. The topological polar surface area (TPSA) is 58.5 Å². The number of aromatic amines is 1. The molecule has 23 heavy (non-hydrogen) atoms. The van der Waals surface area contributed by atoms with Crippen LogP contribution in [-0.4, -0.2) is 11.5 Å². The first-order valence-electron chi connectivity index (χ1n) is 6.82. The number of methoxy groups -OCH3 is 1. The molecule has 6 heteroatoms. The largest absolute Gasteiger partial charge is 0.495 e. The van der Waals surface area contributed by atoms with Gasteiger partial charge in [-0.15, -0.1) is 0 Å². The molecule has 3 aromatic rings. The number of nitrogens with one attached hydrogen (secondary N) is 2. The second-order valence-electron chi connectivity index (χ2n) is 4.73. The maximum absolute atomic E-state index is 11.5. The summed E-state index contributed by atoms with van der Waals surface area (Å²) in [7, 11) is 1.59. The van der Waals surface area contributed by atoms with Crippen molar-refractivity contribution in [3.8, 4) is 16.9 Å². The predicted molar refractivity (Wildman–Crippen MR) is 92.9 cm³/mol. The summed E-state index contributed by atoms with van der Waals surface area (Å²) in [6.07, 6.45) is 0. The van der Waals surface area contributed by atoms with E-state index >= 15 is 0 Å². The van der Waals surface area contributed by atoms with Crippen LogP contribution in [0.1, 0.15) is 0 Å². The predicted octanol–water partition coefficient (Wildman–Crippen LogP) is 4.41. The number of H-pyrrole nitrogens is 1. The van der Waals surface area contributed by atoms with Crippen LogP contribution in [0.25, 0.3) is 16.0 Å². The Hall–Kier alpha value is -3.04. The Kier molecular flexibility index (Phi) is 4.13. The first-order valence-corrected chi connectivity index (χ1v) is 7.64. The van der Waals surface area contributed by atoms with Gasteiger partial charge in [0.05, 0.1) is 19.4 Å². The zero-order valence-corrected chi connectivity index (χ0v) is 13.1. The third-order valence-corrected chi connectivity index (χ3v) is 4.13. The third-order valence-electron chi connectivity index (χ3n) is 3.34. The van der Waals surface area contributed by atoms with E-state index in [-0.39, 0.29) is 11.2 Å². The number of anilines is 2. The molecule has 0 saturated carbocycles.